The molecule has 0 aliphatic rings. The molecule has 0 saturated heterocycles. The number of nitrogens with one attached hydrogen (secondary N) is 2. The number of aliphatic hydroxyl groups is 1. The van der Waals surface area contributed by atoms with Crippen molar-refractivity contribution in [2.24, 2.45) is 0 Å². The van der Waals surface area contributed by atoms with Crippen LogP contribution in [-0.2, 0) is 50.1 Å². The fourth-order valence-electron chi connectivity index (χ4n) is 6.02. The fraction of sp³-hybridized carbons (Fsp3) is 0.500. The number of aryl methyl sites for hydroxylation is 1. The van der Waals surface area contributed by atoms with Crippen LogP contribution >= 0.6 is 0 Å². The third-order valence-electron chi connectivity index (χ3n) is 8.71. The molecule has 0 saturated carbocycles. The summed E-state index contributed by atoms with van der Waals surface area (Å²) in [6.45, 7) is 9.84. The number of rotatable bonds is 20. The van der Waals surface area contributed by atoms with E-state index in [0.29, 0.717) is 24.5 Å². The zero-order chi connectivity index (χ0) is 42.4. The number of carbonyl (C=O) groups excluding carboxylic acids is 3. The minimum absolute atomic E-state index is 0.00874. The summed E-state index contributed by atoms with van der Waals surface area (Å²) in [5.41, 5.74) is 1.47. The lowest BCUT2D eigenvalue weighted by molar-refractivity contribution is -0.124. The molecule has 0 unspecified atom stereocenters. The number of hydrogen-bond acceptors (Lipinski definition) is 8. The van der Waals surface area contributed by atoms with Crippen LogP contribution in [0, 0.1) is 11.6 Å². The SMILES string of the molecule is [2H]C(CCC)(CCC)S(=O)(=O)C[C@H](NC(=O)OCc1ccccc1)C(=O)N[C@@H](Cc1cc(F)cc(F)c1)[C@H](O)CN(Cc1cccc(CC)c1)C(=O)OC(C)(C)C. The Labute approximate surface area is 331 Å². The van der Waals surface area contributed by atoms with Crippen LogP contribution in [0.5, 0.6) is 0 Å². The van der Waals surface area contributed by atoms with Crippen molar-refractivity contribution in [2.45, 2.75) is 122 Å². The van der Waals surface area contributed by atoms with Crippen molar-refractivity contribution in [3.63, 3.8) is 0 Å². The second-order valence-electron chi connectivity index (χ2n) is 14.8. The number of amides is 3. The number of hydrogen-bond donors (Lipinski definition) is 3. The van der Waals surface area contributed by atoms with Crippen molar-refractivity contribution < 1.29 is 47.5 Å². The van der Waals surface area contributed by atoms with Crippen molar-refractivity contribution in [3.8, 4) is 0 Å². The van der Waals surface area contributed by atoms with E-state index in [2.05, 4.69) is 10.6 Å². The van der Waals surface area contributed by atoms with Crippen LogP contribution < -0.4 is 10.6 Å². The van der Waals surface area contributed by atoms with E-state index < -0.39 is 80.9 Å². The first-order valence-corrected chi connectivity index (χ1v) is 20.6. The van der Waals surface area contributed by atoms with E-state index in [-0.39, 0.29) is 38.0 Å². The molecule has 0 heterocycles. The van der Waals surface area contributed by atoms with Gasteiger partial charge in [-0.1, -0.05) is 88.2 Å². The first-order valence-electron chi connectivity index (χ1n) is 19.5. The van der Waals surface area contributed by atoms with Gasteiger partial charge in [0.25, 0.3) is 0 Å². The summed E-state index contributed by atoms with van der Waals surface area (Å²) in [5.74, 6) is -3.90. The molecule has 0 radical (unpaired) electrons. The van der Waals surface area contributed by atoms with Crippen LogP contribution in [-0.4, -0.2) is 77.8 Å². The number of sulfone groups is 1. The van der Waals surface area contributed by atoms with E-state index in [0.717, 1.165) is 29.7 Å². The van der Waals surface area contributed by atoms with Crippen LogP contribution in [0.25, 0.3) is 0 Å². The Hall–Kier alpha value is -4.56. The summed E-state index contributed by atoms with van der Waals surface area (Å²) in [6, 6.07) is 15.6. The number of nitrogens with zero attached hydrogens (tertiary/aromatic N) is 1. The molecule has 0 aliphatic carbocycles. The highest BCUT2D eigenvalue weighted by Gasteiger charge is 2.35. The van der Waals surface area contributed by atoms with Gasteiger partial charge in [-0.15, -0.1) is 0 Å². The van der Waals surface area contributed by atoms with Gasteiger partial charge in [-0.05, 0) is 80.8 Å². The van der Waals surface area contributed by atoms with Crippen LogP contribution in [0.3, 0.4) is 0 Å². The van der Waals surface area contributed by atoms with Gasteiger partial charge in [0, 0.05) is 14.0 Å². The first kappa shape index (κ1) is 44.2. The van der Waals surface area contributed by atoms with Gasteiger partial charge in [0.2, 0.25) is 5.91 Å². The smallest absolute Gasteiger partial charge is 0.410 e. The maximum absolute atomic E-state index is 14.4. The highest BCUT2D eigenvalue weighted by atomic mass is 32.2. The second kappa shape index (κ2) is 21.7. The molecular formula is C42H57F2N3O8S. The Morgan fingerprint density at radius 2 is 1.46 bits per heavy atom. The lowest BCUT2D eigenvalue weighted by Gasteiger charge is -2.33. The zero-order valence-corrected chi connectivity index (χ0v) is 34.0. The van der Waals surface area contributed by atoms with Crippen molar-refractivity contribution in [1.29, 1.82) is 0 Å². The van der Waals surface area contributed by atoms with E-state index in [1.807, 2.05) is 25.1 Å². The van der Waals surface area contributed by atoms with Crippen molar-refractivity contribution in [1.82, 2.24) is 15.5 Å². The standard InChI is InChI=1S/C42H57F2N3O8S/c1-7-14-35(15-8-2)56(52,53)28-37(46-40(50)54-27-30-16-11-10-12-17-30)39(49)45-36(23-32-21-33(43)24-34(44)22-32)38(48)26-47(41(51)55-42(4,5)6)25-31-19-13-18-29(9-3)20-31/h10-13,16-22,24,35-38,48H,7-9,14-15,23,25-28H2,1-6H3,(H,45,49)(H,46,50)/t36-,37-,38+/m0/s1/i35D. The fourth-order valence-corrected chi connectivity index (χ4v) is 7.96. The van der Waals surface area contributed by atoms with Gasteiger partial charge in [-0.25, -0.2) is 26.8 Å². The Bertz CT molecular complexity index is 1870. The van der Waals surface area contributed by atoms with Crippen LogP contribution in [0.15, 0.2) is 72.8 Å². The molecule has 0 bridgehead atoms. The molecule has 11 nitrogen and oxygen atoms in total. The molecule has 14 heteroatoms. The second-order valence-corrected chi connectivity index (χ2v) is 16.9. The van der Waals surface area contributed by atoms with Gasteiger partial charge < -0.3 is 30.1 Å². The number of aliphatic hydroxyl groups excluding tert-OH is 1. The van der Waals surface area contributed by atoms with E-state index >= 15 is 0 Å². The molecule has 3 amide bonds. The van der Waals surface area contributed by atoms with Gasteiger partial charge in [-0.2, -0.15) is 0 Å². The molecule has 56 heavy (non-hydrogen) atoms. The van der Waals surface area contributed by atoms with Crippen LogP contribution in [0.4, 0.5) is 18.4 Å². The van der Waals surface area contributed by atoms with Crippen molar-refractivity contribution in [2.75, 3.05) is 12.3 Å². The lowest BCUT2D eigenvalue weighted by Crippen LogP contribution is -2.57. The average Bonchev–Trinajstić information content (AvgIpc) is 3.12. The van der Waals surface area contributed by atoms with Gasteiger partial charge in [0.1, 0.15) is 29.9 Å². The average molecular weight is 803 g/mol. The summed E-state index contributed by atoms with van der Waals surface area (Å²) in [4.78, 5) is 42.1. The van der Waals surface area contributed by atoms with E-state index in [1.54, 1.807) is 71.0 Å². The number of halogens is 2. The van der Waals surface area contributed by atoms with Crippen molar-refractivity contribution >= 4 is 27.9 Å². The van der Waals surface area contributed by atoms with Crippen LogP contribution in [0.1, 0.15) is 90.9 Å². The maximum atomic E-state index is 14.4. The highest BCUT2D eigenvalue weighted by Crippen LogP contribution is 2.20. The molecule has 0 fully saturated rings. The van der Waals surface area contributed by atoms with Gasteiger partial charge >= 0.3 is 12.2 Å². The molecule has 3 rings (SSSR count). The molecule has 0 spiro atoms. The third kappa shape index (κ3) is 15.5. The molecule has 3 atom stereocenters. The lowest BCUT2D eigenvalue weighted by atomic mass is 9.99. The Balaban J connectivity index is 2.02. The number of ether oxygens (including phenoxy) is 2. The van der Waals surface area contributed by atoms with Gasteiger partial charge in [0.05, 0.1) is 29.7 Å². The monoisotopic (exact) mass is 802 g/mol. The Kier molecular flexibility index (Phi) is 17.1. The normalized spacial score (nSPS) is 13.8. The summed E-state index contributed by atoms with van der Waals surface area (Å²) in [5, 5.41) is 14.8. The summed E-state index contributed by atoms with van der Waals surface area (Å²) in [6.07, 6.45) is -2.50. The predicted octanol–water partition coefficient (Wildman–Crippen LogP) is 7.03. The van der Waals surface area contributed by atoms with E-state index in [1.165, 1.54) is 4.90 Å². The first-order chi connectivity index (χ1) is 26.8. The number of carbonyl (C=O) groups is 3. The summed E-state index contributed by atoms with van der Waals surface area (Å²) >= 11 is 0. The predicted molar refractivity (Wildman–Crippen MR) is 211 cm³/mol. The molecule has 3 N–H and O–H groups in total. The number of benzene rings is 3. The molecule has 0 aliphatic heterocycles. The zero-order valence-electron chi connectivity index (χ0n) is 34.1. The highest BCUT2D eigenvalue weighted by molar-refractivity contribution is 7.92. The summed E-state index contributed by atoms with van der Waals surface area (Å²) < 4.78 is 76.5. The topological polar surface area (TPSA) is 151 Å². The molecule has 3 aromatic rings. The third-order valence-corrected chi connectivity index (χ3v) is 10.8. The van der Waals surface area contributed by atoms with Gasteiger partial charge in [0.15, 0.2) is 9.84 Å². The van der Waals surface area contributed by atoms with E-state index in [4.69, 9.17) is 10.8 Å². The van der Waals surface area contributed by atoms with E-state index in [9.17, 15) is 36.7 Å². The number of alkyl carbamates (subject to hydrolysis) is 1. The van der Waals surface area contributed by atoms with Gasteiger partial charge in [-0.3, -0.25) is 4.79 Å². The molecule has 0 aromatic heterocycles. The van der Waals surface area contributed by atoms with Crippen molar-refractivity contribution in [3.05, 3.63) is 107 Å². The Morgan fingerprint density at radius 3 is 2.05 bits per heavy atom. The summed E-state index contributed by atoms with van der Waals surface area (Å²) in [7, 11) is -4.41. The Morgan fingerprint density at radius 1 is 0.857 bits per heavy atom. The largest absolute Gasteiger partial charge is 0.445 e. The minimum atomic E-state index is -4.41. The van der Waals surface area contributed by atoms with Crippen LogP contribution in [0.2, 0.25) is 0 Å². The maximum Gasteiger partial charge on any atom is 0.410 e. The molecule has 308 valence electrons. The molecule has 3 aromatic carbocycles. The minimum Gasteiger partial charge on any atom is -0.445 e. The molecular weight excluding hydrogens is 745 g/mol. The quantitative estimate of drug-likeness (QED) is 0.110.